The van der Waals surface area contributed by atoms with Gasteiger partial charge in [-0.1, -0.05) is 6.07 Å². The van der Waals surface area contributed by atoms with Crippen LogP contribution in [0.15, 0.2) is 51.8 Å². The molecule has 4 heteroatoms. The molecule has 0 atom stereocenters. The van der Waals surface area contributed by atoms with Gasteiger partial charge in [-0.2, -0.15) is 0 Å². The number of rotatable bonds is 4. The van der Waals surface area contributed by atoms with Crippen molar-refractivity contribution in [1.29, 1.82) is 0 Å². The Hall–Kier alpha value is -1.13. The van der Waals surface area contributed by atoms with E-state index in [1.165, 1.54) is 4.90 Å². The predicted molar refractivity (Wildman–Crippen MR) is 81.4 cm³/mol. The zero-order valence-corrected chi connectivity index (χ0v) is 12.4. The first kappa shape index (κ1) is 13.3. The number of aromatic hydroxyl groups is 1. The van der Waals surface area contributed by atoms with Crippen LogP contribution in [0.4, 0.5) is 5.69 Å². The summed E-state index contributed by atoms with van der Waals surface area (Å²) in [6, 6.07) is 13.8. The van der Waals surface area contributed by atoms with Crippen LogP contribution in [0.3, 0.4) is 0 Å². The fourth-order valence-corrected chi connectivity index (χ4v) is 2.41. The molecule has 0 saturated carbocycles. The van der Waals surface area contributed by atoms with Crippen molar-refractivity contribution in [2.45, 2.75) is 11.4 Å². The summed E-state index contributed by atoms with van der Waals surface area (Å²) >= 11 is 5.04. The van der Waals surface area contributed by atoms with Gasteiger partial charge in [-0.05, 0) is 64.1 Å². The lowest BCUT2D eigenvalue weighted by Crippen LogP contribution is -1.98. The van der Waals surface area contributed by atoms with Gasteiger partial charge in [-0.25, -0.2) is 0 Å². The van der Waals surface area contributed by atoms with Gasteiger partial charge < -0.3 is 10.4 Å². The molecule has 2 aromatic rings. The molecule has 2 nitrogen and oxygen atoms in total. The van der Waals surface area contributed by atoms with E-state index >= 15 is 0 Å². The van der Waals surface area contributed by atoms with Crippen LogP contribution in [-0.2, 0) is 6.54 Å². The van der Waals surface area contributed by atoms with Crippen molar-refractivity contribution in [2.75, 3.05) is 11.6 Å². The maximum atomic E-state index is 9.42. The summed E-state index contributed by atoms with van der Waals surface area (Å²) in [7, 11) is 0. The molecule has 94 valence electrons. The van der Waals surface area contributed by atoms with Gasteiger partial charge >= 0.3 is 0 Å². The number of thioether (sulfide) groups is 1. The highest BCUT2D eigenvalue weighted by Gasteiger charge is 2.00. The molecule has 0 amide bonds. The monoisotopic (exact) mass is 323 g/mol. The zero-order chi connectivity index (χ0) is 13.0. The Morgan fingerprint density at radius 2 is 1.89 bits per heavy atom. The molecule has 0 aliphatic heterocycles. The Balaban J connectivity index is 1.99. The minimum absolute atomic E-state index is 0.267. The number of phenolic OH excluding ortho intramolecular Hbond substituents is 1. The molecule has 0 heterocycles. The van der Waals surface area contributed by atoms with Gasteiger partial charge in [0.2, 0.25) is 0 Å². The number of hydrogen-bond donors (Lipinski definition) is 2. The summed E-state index contributed by atoms with van der Waals surface area (Å²) in [6.45, 7) is 0.734. The molecular formula is C14H14BrNOS. The highest BCUT2D eigenvalue weighted by Crippen LogP contribution is 2.25. The molecule has 0 unspecified atom stereocenters. The molecule has 2 rings (SSSR count). The van der Waals surface area contributed by atoms with Gasteiger partial charge in [0.25, 0.3) is 0 Å². The third-order valence-corrected chi connectivity index (χ3v) is 3.98. The van der Waals surface area contributed by atoms with Crippen molar-refractivity contribution in [3.63, 3.8) is 0 Å². The van der Waals surface area contributed by atoms with Crippen LogP contribution in [0, 0.1) is 0 Å². The van der Waals surface area contributed by atoms with Gasteiger partial charge in [0.15, 0.2) is 0 Å². The second-order valence-corrected chi connectivity index (χ2v) is 5.60. The first-order chi connectivity index (χ1) is 8.69. The summed E-state index contributed by atoms with van der Waals surface area (Å²) in [6.07, 6.45) is 2.07. The topological polar surface area (TPSA) is 32.3 Å². The third kappa shape index (κ3) is 3.43. The number of nitrogens with one attached hydrogen (secondary N) is 1. The molecule has 2 aromatic carbocycles. The van der Waals surface area contributed by atoms with Gasteiger partial charge in [-0.3, -0.25) is 0 Å². The van der Waals surface area contributed by atoms with E-state index < -0.39 is 0 Å². The lowest BCUT2D eigenvalue weighted by atomic mass is 10.2. The van der Waals surface area contributed by atoms with Gasteiger partial charge in [0, 0.05) is 17.1 Å². The molecule has 0 aliphatic rings. The van der Waals surface area contributed by atoms with Crippen LogP contribution in [0.25, 0.3) is 0 Å². The van der Waals surface area contributed by atoms with E-state index in [-0.39, 0.29) is 5.75 Å². The van der Waals surface area contributed by atoms with Crippen LogP contribution < -0.4 is 5.32 Å². The fraction of sp³-hybridized carbons (Fsp3) is 0.143. The van der Waals surface area contributed by atoms with Crippen molar-refractivity contribution in [1.82, 2.24) is 0 Å². The molecule has 2 N–H and O–H groups in total. The van der Waals surface area contributed by atoms with E-state index in [1.54, 1.807) is 17.8 Å². The van der Waals surface area contributed by atoms with Crippen LogP contribution >= 0.6 is 27.7 Å². The van der Waals surface area contributed by atoms with Crippen LogP contribution in [-0.4, -0.2) is 11.4 Å². The normalized spacial score (nSPS) is 10.3. The number of benzene rings is 2. The Kier molecular flexibility index (Phi) is 4.55. The van der Waals surface area contributed by atoms with E-state index in [2.05, 4.69) is 51.8 Å². The number of halogens is 1. The van der Waals surface area contributed by atoms with Crippen LogP contribution in [0.1, 0.15) is 5.56 Å². The molecule has 18 heavy (non-hydrogen) atoms. The lowest BCUT2D eigenvalue weighted by molar-refractivity contribution is 0.471. The van der Waals surface area contributed by atoms with Crippen molar-refractivity contribution >= 4 is 33.4 Å². The summed E-state index contributed by atoms with van der Waals surface area (Å²) in [4.78, 5) is 1.26. The predicted octanol–water partition coefficient (Wildman–Crippen LogP) is 4.49. The highest BCUT2D eigenvalue weighted by molar-refractivity contribution is 9.10. The molecule has 0 spiro atoms. The van der Waals surface area contributed by atoms with Crippen LogP contribution in [0.5, 0.6) is 5.75 Å². The SMILES string of the molecule is CSc1ccc(NCc2ccc(O)c(Br)c2)cc1. The minimum Gasteiger partial charge on any atom is -0.507 e. The van der Waals surface area contributed by atoms with E-state index in [9.17, 15) is 5.11 Å². The van der Waals surface area contributed by atoms with Crippen molar-refractivity contribution in [2.24, 2.45) is 0 Å². The molecule has 0 aliphatic carbocycles. The number of hydrogen-bond acceptors (Lipinski definition) is 3. The summed E-state index contributed by atoms with van der Waals surface area (Å²) in [5, 5.41) is 12.8. The Morgan fingerprint density at radius 3 is 2.50 bits per heavy atom. The Labute approximate surface area is 120 Å². The van der Waals surface area contributed by atoms with E-state index in [4.69, 9.17) is 0 Å². The summed E-state index contributed by atoms with van der Waals surface area (Å²) < 4.78 is 0.722. The average molecular weight is 324 g/mol. The van der Waals surface area contributed by atoms with E-state index in [0.717, 1.165) is 22.3 Å². The minimum atomic E-state index is 0.267. The quantitative estimate of drug-likeness (QED) is 0.813. The van der Waals surface area contributed by atoms with E-state index in [1.807, 2.05) is 12.1 Å². The largest absolute Gasteiger partial charge is 0.507 e. The third-order valence-electron chi connectivity index (χ3n) is 2.60. The van der Waals surface area contributed by atoms with Gasteiger partial charge in [0.1, 0.15) is 5.75 Å². The number of anilines is 1. The van der Waals surface area contributed by atoms with Crippen molar-refractivity contribution < 1.29 is 5.11 Å². The maximum Gasteiger partial charge on any atom is 0.129 e. The van der Waals surface area contributed by atoms with Crippen molar-refractivity contribution in [3.05, 3.63) is 52.5 Å². The summed E-state index contributed by atoms with van der Waals surface area (Å²) in [5.41, 5.74) is 2.21. The Morgan fingerprint density at radius 1 is 1.17 bits per heavy atom. The first-order valence-electron chi connectivity index (χ1n) is 5.54. The van der Waals surface area contributed by atoms with Gasteiger partial charge in [0.05, 0.1) is 4.47 Å². The standard InChI is InChI=1S/C14H14BrNOS/c1-18-12-5-3-11(4-6-12)16-9-10-2-7-14(17)13(15)8-10/h2-8,16-17H,9H2,1H3. The van der Waals surface area contributed by atoms with Gasteiger partial charge in [-0.15, -0.1) is 11.8 Å². The molecule has 0 bridgehead atoms. The molecule has 0 aromatic heterocycles. The molecule has 0 saturated heterocycles. The maximum absolute atomic E-state index is 9.42. The average Bonchev–Trinajstić information content (AvgIpc) is 2.41. The lowest BCUT2D eigenvalue weighted by Gasteiger charge is -2.08. The molecular weight excluding hydrogens is 310 g/mol. The summed E-state index contributed by atoms with van der Waals surface area (Å²) in [5.74, 6) is 0.267. The van der Waals surface area contributed by atoms with Crippen molar-refractivity contribution in [3.8, 4) is 5.75 Å². The smallest absolute Gasteiger partial charge is 0.129 e. The number of phenols is 1. The Bertz CT molecular complexity index is 528. The van der Waals surface area contributed by atoms with Crippen LogP contribution in [0.2, 0.25) is 0 Å². The van der Waals surface area contributed by atoms with E-state index in [0.29, 0.717) is 0 Å². The zero-order valence-electron chi connectivity index (χ0n) is 9.98. The molecule has 0 fully saturated rings. The second-order valence-electron chi connectivity index (χ2n) is 3.87. The fourth-order valence-electron chi connectivity index (χ4n) is 1.57. The first-order valence-corrected chi connectivity index (χ1v) is 7.56. The second kappa shape index (κ2) is 6.16. The highest BCUT2D eigenvalue weighted by atomic mass is 79.9. The molecule has 0 radical (unpaired) electrons.